The van der Waals surface area contributed by atoms with Crippen molar-refractivity contribution in [1.82, 2.24) is 14.8 Å². The fourth-order valence-corrected chi connectivity index (χ4v) is 2.27. The zero-order valence-electron chi connectivity index (χ0n) is 12.4. The molecular formula is C16H11BClN3O3. The van der Waals surface area contributed by atoms with Gasteiger partial charge in [-0.15, -0.1) is 0 Å². The number of hydrogen-bond acceptors (Lipinski definition) is 4. The van der Waals surface area contributed by atoms with Gasteiger partial charge < -0.3 is 9.84 Å². The van der Waals surface area contributed by atoms with Gasteiger partial charge in [0.2, 0.25) is 5.88 Å². The molecule has 0 aliphatic heterocycles. The van der Waals surface area contributed by atoms with Gasteiger partial charge in [0, 0.05) is 17.3 Å². The van der Waals surface area contributed by atoms with Gasteiger partial charge >= 0.3 is 5.97 Å². The monoisotopic (exact) mass is 339 g/mol. The smallest absolute Gasteiger partial charge is 0.335 e. The minimum absolute atomic E-state index is 0.114. The third kappa shape index (κ3) is 3.41. The molecule has 0 spiro atoms. The summed E-state index contributed by atoms with van der Waals surface area (Å²) >= 11 is 5.87. The summed E-state index contributed by atoms with van der Waals surface area (Å²) in [4.78, 5) is 15.2. The molecule has 8 heteroatoms. The first-order valence-electron chi connectivity index (χ1n) is 6.95. The van der Waals surface area contributed by atoms with Crippen molar-refractivity contribution in [3.05, 3.63) is 64.9 Å². The lowest BCUT2D eigenvalue weighted by Gasteiger charge is -2.11. The van der Waals surface area contributed by atoms with Crippen LogP contribution in [0.3, 0.4) is 0 Å². The zero-order chi connectivity index (χ0) is 17.1. The fourth-order valence-electron chi connectivity index (χ4n) is 2.09. The Morgan fingerprint density at radius 3 is 2.83 bits per heavy atom. The van der Waals surface area contributed by atoms with Crippen molar-refractivity contribution in [2.75, 3.05) is 0 Å². The molecule has 3 rings (SSSR count). The van der Waals surface area contributed by atoms with Gasteiger partial charge in [-0.25, -0.2) is 9.78 Å². The summed E-state index contributed by atoms with van der Waals surface area (Å²) in [6.45, 7) is 0.216. The molecule has 0 bridgehead atoms. The lowest BCUT2D eigenvalue weighted by Crippen LogP contribution is -2.14. The van der Waals surface area contributed by atoms with Crippen LogP contribution in [0.25, 0.3) is 5.82 Å². The predicted molar refractivity (Wildman–Crippen MR) is 89.5 cm³/mol. The van der Waals surface area contributed by atoms with Crippen LogP contribution in [0.2, 0.25) is 5.02 Å². The number of aromatic nitrogens is 3. The highest BCUT2D eigenvalue weighted by atomic mass is 35.5. The number of halogens is 1. The van der Waals surface area contributed by atoms with E-state index in [1.165, 1.54) is 29.2 Å². The number of rotatable bonds is 5. The standard InChI is InChI=1S/C16H11BClN3O3/c17-13-8-12(18)2-1-11(13)9-24-15-4-6-20-21(15)14-7-10(16(22)23)3-5-19-14/h1-8H,9H2,(H,22,23). The van der Waals surface area contributed by atoms with Gasteiger partial charge in [-0.05, 0) is 23.8 Å². The highest BCUT2D eigenvalue weighted by molar-refractivity contribution is 6.36. The maximum atomic E-state index is 11.1. The van der Waals surface area contributed by atoms with Gasteiger partial charge in [-0.3, -0.25) is 0 Å². The molecule has 6 nitrogen and oxygen atoms in total. The van der Waals surface area contributed by atoms with Gasteiger partial charge in [-0.2, -0.15) is 9.78 Å². The second-order valence-corrected chi connectivity index (χ2v) is 5.36. The third-order valence-electron chi connectivity index (χ3n) is 3.30. The summed E-state index contributed by atoms with van der Waals surface area (Å²) in [5, 5.41) is 13.7. The Hall–Kier alpha value is -2.80. The van der Waals surface area contributed by atoms with Crippen LogP contribution in [0.1, 0.15) is 15.9 Å². The number of benzene rings is 1. The number of carboxylic acid groups (broad SMARTS) is 1. The molecule has 2 heterocycles. The molecule has 1 aromatic carbocycles. The lowest BCUT2D eigenvalue weighted by atomic mass is 9.91. The summed E-state index contributed by atoms with van der Waals surface area (Å²) in [7, 11) is 5.90. The van der Waals surface area contributed by atoms with E-state index in [2.05, 4.69) is 10.1 Å². The summed E-state index contributed by atoms with van der Waals surface area (Å²) in [5.41, 5.74) is 1.42. The predicted octanol–water partition coefficient (Wildman–Crippen LogP) is 1.99. The van der Waals surface area contributed by atoms with E-state index < -0.39 is 5.97 Å². The van der Waals surface area contributed by atoms with Gasteiger partial charge in [0.05, 0.1) is 11.8 Å². The van der Waals surface area contributed by atoms with E-state index in [0.29, 0.717) is 22.2 Å². The molecule has 24 heavy (non-hydrogen) atoms. The van der Waals surface area contributed by atoms with Crippen molar-refractivity contribution in [3.8, 4) is 11.7 Å². The van der Waals surface area contributed by atoms with E-state index in [0.717, 1.165) is 5.56 Å². The highest BCUT2D eigenvalue weighted by Gasteiger charge is 2.11. The number of pyridine rings is 1. The van der Waals surface area contributed by atoms with Crippen LogP contribution in [0.5, 0.6) is 5.88 Å². The van der Waals surface area contributed by atoms with Crippen LogP contribution in [0.15, 0.2) is 48.8 Å². The van der Waals surface area contributed by atoms with Crippen LogP contribution in [-0.4, -0.2) is 33.7 Å². The molecule has 0 unspecified atom stereocenters. The summed E-state index contributed by atoms with van der Waals surface area (Å²) < 4.78 is 7.14. The first-order chi connectivity index (χ1) is 11.5. The number of nitrogens with zero attached hydrogens (tertiary/aromatic N) is 3. The first kappa shape index (κ1) is 16.1. The van der Waals surface area contributed by atoms with Gasteiger partial charge in [0.25, 0.3) is 0 Å². The molecular weight excluding hydrogens is 328 g/mol. The maximum Gasteiger partial charge on any atom is 0.335 e. The van der Waals surface area contributed by atoms with E-state index in [1.807, 2.05) is 0 Å². The Labute approximate surface area is 144 Å². The average Bonchev–Trinajstić information content (AvgIpc) is 3.02. The van der Waals surface area contributed by atoms with E-state index >= 15 is 0 Å². The summed E-state index contributed by atoms with van der Waals surface area (Å²) in [5.74, 6) is -0.277. The molecule has 0 aliphatic rings. The molecule has 1 N–H and O–H groups in total. The van der Waals surface area contributed by atoms with Crippen molar-refractivity contribution >= 4 is 30.9 Å². The normalized spacial score (nSPS) is 10.5. The van der Waals surface area contributed by atoms with E-state index in [9.17, 15) is 4.79 Å². The molecule has 118 valence electrons. The number of ether oxygens (including phenoxy) is 1. The van der Waals surface area contributed by atoms with E-state index in [1.54, 1.807) is 24.3 Å². The lowest BCUT2D eigenvalue weighted by molar-refractivity contribution is 0.0696. The Kier molecular flexibility index (Phi) is 4.53. The minimum atomic E-state index is -1.04. The Bertz CT molecular complexity index is 898. The highest BCUT2D eigenvalue weighted by Crippen LogP contribution is 2.18. The molecule has 0 saturated carbocycles. The topological polar surface area (TPSA) is 77.2 Å². The fraction of sp³-hybridized carbons (Fsp3) is 0.0625. The summed E-state index contributed by atoms with van der Waals surface area (Å²) in [6.07, 6.45) is 2.94. The van der Waals surface area contributed by atoms with Gasteiger partial charge in [0.1, 0.15) is 14.5 Å². The van der Waals surface area contributed by atoms with Crippen LogP contribution >= 0.6 is 11.6 Å². The molecule has 0 amide bonds. The Morgan fingerprint density at radius 2 is 2.08 bits per heavy atom. The first-order valence-corrected chi connectivity index (χ1v) is 7.33. The van der Waals surface area contributed by atoms with Crippen molar-refractivity contribution in [2.24, 2.45) is 0 Å². The van der Waals surface area contributed by atoms with E-state index in [-0.39, 0.29) is 12.2 Å². The maximum absolute atomic E-state index is 11.1. The second kappa shape index (κ2) is 6.76. The van der Waals surface area contributed by atoms with Crippen molar-refractivity contribution in [2.45, 2.75) is 6.61 Å². The molecule has 3 aromatic rings. The summed E-state index contributed by atoms with van der Waals surface area (Å²) in [6, 6.07) is 9.63. The molecule has 0 aliphatic carbocycles. The second-order valence-electron chi connectivity index (χ2n) is 4.92. The van der Waals surface area contributed by atoms with Crippen LogP contribution in [0, 0.1) is 0 Å². The number of hydrogen-bond donors (Lipinski definition) is 1. The third-order valence-corrected chi connectivity index (χ3v) is 3.54. The largest absolute Gasteiger partial charge is 0.478 e. The molecule has 2 radical (unpaired) electrons. The van der Waals surface area contributed by atoms with Crippen LogP contribution in [0.4, 0.5) is 0 Å². The zero-order valence-corrected chi connectivity index (χ0v) is 13.1. The molecule has 0 saturated heterocycles. The molecule has 2 aromatic heterocycles. The minimum Gasteiger partial charge on any atom is -0.478 e. The number of aromatic carboxylic acids is 1. The van der Waals surface area contributed by atoms with Gasteiger partial charge in [0.15, 0.2) is 5.82 Å². The van der Waals surface area contributed by atoms with Crippen LogP contribution < -0.4 is 10.2 Å². The van der Waals surface area contributed by atoms with Crippen molar-refractivity contribution in [3.63, 3.8) is 0 Å². The van der Waals surface area contributed by atoms with Crippen LogP contribution in [-0.2, 0) is 6.61 Å². The quantitative estimate of drug-likeness (QED) is 0.719. The number of carboxylic acids is 1. The van der Waals surface area contributed by atoms with Crippen molar-refractivity contribution < 1.29 is 14.6 Å². The molecule has 0 atom stereocenters. The van der Waals surface area contributed by atoms with Gasteiger partial charge in [-0.1, -0.05) is 29.2 Å². The number of carbonyl (C=O) groups is 1. The Balaban J connectivity index is 1.83. The SMILES string of the molecule is [B]c1cc(Cl)ccc1COc1ccnn1-c1cc(C(=O)O)ccn1. The van der Waals surface area contributed by atoms with Crippen molar-refractivity contribution in [1.29, 1.82) is 0 Å². The van der Waals surface area contributed by atoms with E-state index in [4.69, 9.17) is 29.3 Å². The Morgan fingerprint density at radius 1 is 1.25 bits per heavy atom. The molecule has 0 fully saturated rings. The average molecular weight is 340 g/mol.